The van der Waals surface area contributed by atoms with Crippen molar-refractivity contribution >= 4 is 5.91 Å². The van der Waals surface area contributed by atoms with Gasteiger partial charge in [-0.2, -0.15) is 4.98 Å². The first-order valence-electron chi connectivity index (χ1n) is 11.0. The minimum atomic E-state index is -0.0543. The summed E-state index contributed by atoms with van der Waals surface area (Å²) in [7, 11) is 0. The van der Waals surface area contributed by atoms with E-state index in [0.29, 0.717) is 25.6 Å². The highest BCUT2D eigenvalue weighted by molar-refractivity contribution is 5.95. The Kier molecular flexibility index (Phi) is 6.32. The molecule has 0 aliphatic carbocycles. The summed E-state index contributed by atoms with van der Waals surface area (Å²) in [5.74, 6) is 1.59. The first-order valence-corrected chi connectivity index (χ1v) is 11.0. The summed E-state index contributed by atoms with van der Waals surface area (Å²) in [5, 5.41) is 0. The molecule has 3 heterocycles. The first-order chi connectivity index (χ1) is 14.5. The van der Waals surface area contributed by atoms with E-state index in [2.05, 4.69) is 13.0 Å². The zero-order valence-corrected chi connectivity index (χ0v) is 18.2. The number of ether oxygens (including phenoxy) is 2. The lowest BCUT2D eigenvalue weighted by Crippen LogP contribution is -2.44. The largest absolute Gasteiger partial charge is 0.472 e. The maximum Gasteiger partial charge on any atom is 0.254 e. The van der Waals surface area contributed by atoms with Crippen LogP contribution in [0.5, 0.6) is 5.88 Å². The van der Waals surface area contributed by atoms with Crippen molar-refractivity contribution in [2.24, 2.45) is 0 Å². The van der Waals surface area contributed by atoms with Gasteiger partial charge in [0, 0.05) is 36.9 Å². The number of piperidine rings is 1. The molecule has 2 aliphatic rings. The van der Waals surface area contributed by atoms with Gasteiger partial charge < -0.3 is 14.4 Å². The highest BCUT2D eigenvalue weighted by Gasteiger charge is 2.28. The number of aryl methyl sites for hydroxylation is 3. The van der Waals surface area contributed by atoms with E-state index in [1.165, 1.54) is 5.56 Å². The number of aromatic nitrogens is 2. The van der Waals surface area contributed by atoms with Gasteiger partial charge in [-0.3, -0.25) is 4.79 Å². The lowest BCUT2D eigenvalue weighted by Gasteiger charge is -2.33. The SMILES string of the molecule is CCc1nc2c(c(OC3CCCN(C(=O)c4ccc(C)cc4C)C3)n1)CCOCC2. The molecule has 1 unspecified atom stereocenters. The Morgan fingerprint density at radius 1 is 1.23 bits per heavy atom. The number of fused-ring (bicyclic) bond motifs is 1. The Hall–Kier alpha value is -2.47. The van der Waals surface area contributed by atoms with Crippen LogP contribution in [0.2, 0.25) is 0 Å². The van der Waals surface area contributed by atoms with E-state index in [-0.39, 0.29) is 12.0 Å². The van der Waals surface area contributed by atoms with Gasteiger partial charge >= 0.3 is 0 Å². The van der Waals surface area contributed by atoms with E-state index in [4.69, 9.17) is 19.4 Å². The Bertz CT molecular complexity index is 928. The van der Waals surface area contributed by atoms with Gasteiger partial charge in [-0.15, -0.1) is 0 Å². The number of carbonyl (C=O) groups excluding carboxylic acids is 1. The number of hydrogen-bond acceptors (Lipinski definition) is 5. The zero-order chi connectivity index (χ0) is 21.1. The summed E-state index contributed by atoms with van der Waals surface area (Å²) >= 11 is 0. The second-order valence-corrected chi connectivity index (χ2v) is 8.29. The van der Waals surface area contributed by atoms with Crippen molar-refractivity contribution in [2.75, 3.05) is 26.3 Å². The third-order valence-corrected chi connectivity index (χ3v) is 5.95. The van der Waals surface area contributed by atoms with Crippen LogP contribution in [0.4, 0.5) is 0 Å². The molecule has 1 atom stereocenters. The molecule has 1 aromatic carbocycles. The fourth-order valence-corrected chi connectivity index (χ4v) is 4.32. The maximum atomic E-state index is 13.1. The van der Waals surface area contributed by atoms with Crippen LogP contribution in [0.3, 0.4) is 0 Å². The molecular weight excluding hydrogens is 378 g/mol. The fourth-order valence-electron chi connectivity index (χ4n) is 4.32. The normalized spacial score (nSPS) is 19.2. The van der Waals surface area contributed by atoms with Crippen molar-refractivity contribution in [1.29, 1.82) is 0 Å². The Balaban J connectivity index is 1.52. The molecule has 0 bridgehead atoms. The maximum absolute atomic E-state index is 13.1. The van der Waals surface area contributed by atoms with Crippen LogP contribution in [0.15, 0.2) is 18.2 Å². The van der Waals surface area contributed by atoms with E-state index in [1.54, 1.807) is 0 Å². The topological polar surface area (TPSA) is 64.5 Å². The molecule has 1 aromatic heterocycles. The Morgan fingerprint density at radius 2 is 2.07 bits per heavy atom. The van der Waals surface area contributed by atoms with Crippen LogP contribution in [-0.2, 0) is 24.0 Å². The molecule has 6 heteroatoms. The Labute approximate surface area is 178 Å². The summed E-state index contributed by atoms with van der Waals surface area (Å²) < 4.78 is 12.1. The predicted octanol–water partition coefficient (Wildman–Crippen LogP) is 3.45. The molecule has 2 aromatic rings. The number of amides is 1. The van der Waals surface area contributed by atoms with E-state index < -0.39 is 0 Å². The van der Waals surface area contributed by atoms with Gasteiger partial charge in [0.15, 0.2) is 0 Å². The lowest BCUT2D eigenvalue weighted by molar-refractivity contribution is 0.0523. The molecule has 0 radical (unpaired) electrons. The zero-order valence-electron chi connectivity index (χ0n) is 18.2. The molecule has 2 aliphatic heterocycles. The molecule has 160 valence electrons. The molecule has 0 spiro atoms. The van der Waals surface area contributed by atoms with Gasteiger partial charge in [0.05, 0.1) is 25.5 Å². The van der Waals surface area contributed by atoms with Gasteiger partial charge in [-0.25, -0.2) is 4.98 Å². The van der Waals surface area contributed by atoms with Crippen LogP contribution in [0, 0.1) is 13.8 Å². The minimum absolute atomic E-state index is 0.0543. The van der Waals surface area contributed by atoms with Crippen molar-refractivity contribution in [3.8, 4) is 5.88 Å². The number of likely N-dealkylation sites (tertiary alicyclic amines) is 1. The average molecular weight is 410 g/mol. The van der Waals surface area contributed by atoms with Crippen LogP contribution in [0.25, 0.3) is 0 Å². The van der Waals surface area contributed by atoms with Crippen LogP contribution in [0.1, 0.15) is 58.3 Å². The first kappa shape index (κ1) is 20.8. The summed E-state index contributed by atoms with van der Waals surface area (Å²) in [6.07, 6.45) is 4.13. The van der Waals surface area contributed by atoms with Crippen molar-refractivity contribution in [3.63, 3.8) is 0 Å². The summed E-state index contributed by atoms with van der Waals surface area (Å²) in [5.41, 5.74) is 5.10. The monoisotopic (exact) mass is 409 g/mol. The quantitative estimate of drug-likeness (QED) is 0.774. The molecule has 30 heavy (non-hydrogen) atoms. The van der Waals surface area contributed by atoms with E-state index in [0.717, 1.165) is 66.9 Å². The predicted molar refractivity (Wildman–Crippen MR) is 115 cm³/mol. The van der Waals surface area contributed by atoms with Crippen molar-refractivity contribution in [1.82, 2.24) is 14.9 Å². The smallest absolute Gasteiger partial charge is 0.254 e. The van der Waals surface area contributed by atoms with Crippen LogP contribution < -0.4 is 4.74 Å². The van der Waals surface area contributed by atoms with E-state index >= 15 is 0 Å². The average Bonchev–Trinajstić information content (AvgIpc) is 2.99. The number of hydrogen-bond donors (Lipinski definition) is 0. The highest BCUT2D eigenvalue weighted by Crippen LogP contribution is 2.26. The number of rotatable bonds is 4. The molecule has 1 saturated heterocycles. The van der Waals surface area contributed by atoms with Crippen molar-refractivity contribution < 1.29 is 14.3 Å². The third kappa shape index (κ3) is 4.48. The summed E-state index contributed by atoms with van der Waals surface area (Å²) in [6, 6.07) is 6.01. The van der Waals surface area contributed by atoms with Crippen LogP contribution in [-0.4, -0.2) is 53.2 Å². The molecule has 1 amide bonds. The van der Waals surface area contributed by atoms with Crippen molar-refractivity contribution in [3.05, 3.63) is 52.0 Å². The number of benzene rings is 1. The lowest BCUT2D eigenvalue weighted by atomic mass is 10.0. The fraction of sp³-hybridized carbons (Fsp3) is 0.542. The van der Waals surface area contributed by atoms with Crippen LogP contribution >= 0.6 is 0 Å². The Morgan fingerprint density at radius 3 is 2.87 bits per heavy atom. The highest BCUT2D eigenvalue weighted by atomic mass is 16.5. The summed E-state index contributed by atoms with van der Waals surface area (Å²) in [6.45, 7) is 8.82. The van der Waals surface area contributed by atoms with Gasteiger partial charge in [0.1, 0.15) is 11.9 Å². The second-order valence-electron chi connectivity index (χ2n) is 8.29. The number of carbonyl (C=O) groups is 1. The van der Waals surface area contributed by atoms with E-state index in [9.17, 15) is 4.79 Å². The van der Waals surface area contributed by atoms with E-state index in [1.807, 2.05) is 30.9 Å². The standard InChI is InChI=1S/C24H31N3O3/c1-4-22-25-21-10-13-29-12-9-20(21)23(26-22)30-18-6-5-11-27(15-18)24(28)19-8-7-16(2)14-17(19)3/h7-8,14,18H,4-6,9-13,15H2,1-3H3. The molecule has 4 rings (SSSR count). The molecule has 0 saturated carbocycles. The van der Waals surface area contributed by atoms with Crippen molar-refractivity contribution in [2.45, 2.75) is 59.0 Å². The van der Waals surface area contributed by atoms with Gasteiger partial charge in [-0.05, 0) is 38.3 Å². The second kappa shape index (κ2) is 9.13. The van der Waals surface area contributed by atoms with Gasteiger partial charge in [-0.1, -0.05) is 24.6 Å². The summed E-state index contributed by atoms with van der Waals surface area (Å²) in [4.78, 5) is 24.5. The third-order valence-electron chi connectivity index (χ3n) is 5.95. The number of nitrogens with zero attached hydrogens (tertiary/aromatic N) is 3. The van der Waals surface area contributed by atoms with Gasteiger partial charge in [0.2, 0.25) is 5.88 Å². The molecular formula is C24H31N3O3. The molecule has 6 nitrogen and oxygen atoms in total. The molecule has 0 N–H and O–H groups in total. The minimum Gasteiger partial charge on any atom is -0.472 e. The molecule has 1 fully saturated rings. The van der Waals surface area contributed by atoms with Gasteiger partial charge in [0.25, 0.3) is 5.91 Å².